The minimum absolute atomic E-state index is 0.433. The molecule has 2 aromatic rings. The number of benzene rings is 2. The predicted molar refractivity (Wildman–Crippen MR) is 81.5 cm³/mol. The Balaban J connectivity index is 2.18. The lowest BCUT2D eigenvalue weighted by molar-refractivity contribution is 0.678. The molecule has 0 aliphatic carbocycles. The highest BCUT2D eigenvalue weighted by Gasteiger charge is 2.08. The summed E-state index contributed by atoms with van der Waals surface area (Å²) in [5.74, 6) is 0.433. The van der Waals surface area contributed by atoms with E-state index in [1.807, 2.05) is 72.8 Å². The topological polar surface area (TPSA) is 29.4 Å². The van der Waals surface area contributed by atoms with E-state index in [4.69, 9.17) is 0 Å². The lowest BCUT2D eigenvalue weighted by atomic mass is 10.2. The van der Waals surface area contributed by atoms with Gasteiger partial charge in [-0.2, -0.15) is 0 Å². The fourth-order valence-corrected chi connectivity index (χ4v) is 3.28. The number of rotatable bonds is 4. The number of hydrogen-bond donors (Lipinski definition) is 0. The van der Waals surface area contributed by atoms with Crippen LogP contribution in [-0.4, -0.2) is 17.0 Å². The predicted octanol–water partition coefficient (Wildman–Crippen LogP) is 3.86. The maximum Gasteiger partial charge on any atom is 0.0785 e. The van der Waals surface area contributed by atoms with E-state index in [0.29, 0.717) is 5.75 Å². The van der Waals surface area contributed by atoms with Crippen LogP contribution in [0.2, 0.25) is 0 Å². The summed E-state index contributed by atoms with van der Waals surface area (Å²) in [5, 5.41) is 0. The van der Waals surface area contributed by atoms with Gasteiger partial charge in [-0.25, -0.2) is 8.57 Å². The summed E-state index contributed by atoms with van der Waals surface area (Å²) in [5.41, 5.74) is 1.11. The Hall–Kier alpha value is -1.87. The zero-order chi connectivity index (χ0) is 13.6. The van der Waals surface area contributed by atoms with Crippen molar-refractivity contribution in [3.05, 3.63) is 72.3 Å². The van der Waals surface area contributed by atoms with Gasteiger partial charge in [-0.1, -0.05) is 60.7 Å². The van der Waals surface area contributed by atoms with E-state index in [0.717, 1.165) is 10.5 Å². The van der Waals surface area contributed by atoms with Gasteiger partial charge in [0.05, 0.1) is 15.5 Å². The largest absolute Gasteiger partial charge is 0.244 e. The van der Waals surface area contributed by atoms with Gasteiger partial charge in [0.25, 0.3) is 0 Å². The van der Waals surface area contributed by atoms with Crippen LogP contribution in [0.25, 0.3) is 6.08 Å². The molecule has 0 aliphatic heterocycles. The van der Waals surface area contributed by atoms with E-state index in [2.05, 4.69) is 4.36 Å². The Bertz CT molecular complexity index is 654. The van der Waals surface area contributed by atoms with Crippen LogP contribution in [-0.2, 0) is 9.73 Å². The molecule has 0 saturated carbocycles. The van der Waals surface area contributed by atoms with Crippen molar-refractivity contribution in [3.8, 4) is 0 Å². The third kappa shape index (κ3) is 3.55. The normalized spacial score (nSPS) is 14.2. The first-order valence-corrected chi connectivity index (χ1v) is 7.82. The van der Waals surface area contributed by atoms with Crippen molar-refractivity contribution in [2.24, 2.45) is 4.36 Å². The van der Waals surface area contributed by atoms with Crippen LogP contribution in [0.3, 0.4) is 0 Å². The van der Waals surface area contributed by atoms with E-state index in [-0.39, 0.29) is 0 Å². The molecule has 0 saturated heterocycles. The first kappa shape index (κ1) is 13.6. The van der Waals surface area contributed by atoms with Gasteiger partial charge < -0.3 is 0 Å². The molecule has 2 nitrogen and oxygen atoms in total. The molecule has 19 heavy (non-hydrogen) atoms. The molecule has 2 aromatic carbocycles. The summed E-state index contributed by atoms with van der Waals surface area (Å²) in [4.78, 5) is 0.787. The average molecular weight is 271 g/mol. The Morgan fingerprint density at radius 1 is 1.00 bits per heavy atom. The molecule has 0 radical (unpaired) electrons. The van der Waals surface area contributed by atoms with Gasteiger partial charge in [-0.15, -0.1) is 0 Å². The maximum atomic E-state index is 12.7. The third-order valence-corrected chi connectivity index (χ3v) is 5.08. The summed E-state index contributed by atoms with van der Waals surface area (Å²) in [6.07, 6.45) is 3.91. The molecular weight excluding hydrogens is 254 g/mol. The van der Waals surface area contributed by atoms with Crippen LogP contribution < -0.4 is 0 Å². The van der Waals surface area contributed by atoms with E-state index < -0.39 is 9.73 Å². The summed E-state index contributed by atoms with van der Waals surface area (Å²) >= 11 is 0. The van der Waals surface area contributed by atoms with E-state index in [1.54, 1.807) is 7.05 Å². The maximum absolute atomic E-state index is 12.7. The number of hydrogen-bond acceptors (Lipinski definition) is 2. The molecule has 0 aromatic heterocycles. The van der Waals surface area contributed by atoms with Crippen molar-refractivity contribution in [2.75, 3.05) is 12.8 Å². The molecule has 98 valence electrons. The monoisotopic (exact) mass is 271 g/mol. The van der Waals surface area contributed by atoms with Crippen molar-refractivity contribution in [3.63, 3.8) is 0 Å². The lowest BCUT2D eigenvalue weighted by Gasteiger charge is -2.06. The molecule has 2 rings (SSSR count). The van der Waals surface area contributed by atoms with Gasteiger partial charge in [-0.05, 0) is 17.7 Å². The zero-order valence-corrected chi connectivity index (χ0v) is 11.7. The van der Waals surface area contributed by atoms with Gasteiger partial charge in [0, 0.05) is 11.9 Å². The first-order chi connectivity index (χ1) is 9.24. The summed E-state index contributed by atoms with van der Waals surface area (Å²) < 4.78 is 16.8. The summed E-state index contributed by atoms with van der Waals surface area (Å²) in [6, 6.07) is 19.4. The molecule has 0 bridgehead atoms. The van der Waals surface area contributed by atoms with Gasteiger partial charge >= 0.3 is 0 Å². The lowest BCUT2D eigenvalue weighted by Crippen LogP contribution is -2.04. The van der Waals surface area contributed by atoms with Crippen LogP contribution in [0, 0.1) is 0 Å². The van der Waals surface area contributed by atoms with Crippen LogP contribution in [0.5, 0.6) is 0 Å². The van der Waals surface area contributed by atoms with Crippen LogP contribution >= 0.6 is 0 Å². The minimum Gasteiger partial charge on any atom is -0.244 e. The van der Waals surface area contributed by atoms with Gasteiger partial charge in [0.2, 0.25) is 0 Å². The average Bonchev–Trinajstić information content (AvgIpc) is 2.49. The summed E-state index contributed by atoms with van der Waals surface area (Å²) in [7, 11) is -0.721. The molecule has 0 fully saturated rings. The fraction of sp³-hybridized carbons (Fsp3) is 0.125. The standard InChI is InChI=1S/C16H17NOS/c1-17-19(18,16-12-6-3-7-13-16)14-8-11-15-9-4-2-5-10-15/h2-13H,14H2,1H3/b11-8+/t19-/m1/s1. The Kier molecular flexibility index (Phi) is 4.53. The van der Waals surface area contributed by atoms with Crippen LogP contribution in [0.15, 0.2) is 76.0 Å². The highest BCUT2D eigenvalue weighted by Crippen LogP contribution is 2.14. The molecule has 0 aliphatic rings. The Morgan fingerprint density at radius 3 is 2.16 bits per heavy atom. The van der Waals surface area contributed by atoms with Gasteiger partial charge in [-0.3, -0.25) is 0 Å². The molecule has 0 spiro atoms. The zero-order valence-electron chi connectivity index (χ0n) is 10.9. The highest BCUT2D eigenvalue weighted by atomic mass is 32.2. The molecule has 0 unspecified atom stereocenters. The first-order valence-electron chi connectivity index (χ1n) is 6.14. The quantitative estimate of drug-likeness (QED) is 0.830. The third-order valence-electron chi connectivity index (χ3n) is 2.84. The van der Waals surface area contributed by atoms with Crippen molar-refractivity contribution >= 4 is 15.8 Å². The van der Waals surface area contributed by atoms with Crippen molar-refractivity contribution in [1.82, 2.24) is 0 Å². The molecule has 0 heterocycles. The molecule has 1 atom stereocenters. The molecular formula is C16H17NOS. The van der Waals surface area contributed by atoms with E-state index in [9.17, 15) is 4.21 Å². The van der Waals surface area contributed by atoms with E-state index in [1.165, 1.54) is 0 Å². The highest BCUT2D eigenvalue weighted by molar-refractivity contribution is 7.93. The Morgan fingerprint density at radius 2 is 1.58 bits per heavy atom. The van der Waals surface area contributed by atoms with Gasteiger partial charge in [0.1, 0.15) is 0 Å². The van der Waals surface area contributed by atoms with Crippen molar-refractivity contribution in [1.29, 1.82) is 0 Å². The van der Waals surface area contributed by atoms with Crippen molar-refractivity contribution < 1.29 is 4.21 Å². The number of nitrogens with zero attached hydrogens (tertiary/aromatic N) is 1. The minimum atomic E-state index is -2.34. The second-order valence-electron chi connectivity index (χ2n) is 4.12. The molecule has 0 amide bonds. The van der Waals surface area contributed by atoms with Crippen LogP contribution in [0.1, 0.15) is 5.56 Å². The smallest absolute Gasteiger partial charge is 0.0785 e. The fourth-order valence-electron chi connectivity index (χ4n) is 1.79. The summed E-state index contributed by atoms with van der Waals surface area (Å²) in [6.45, 7) is 0. The van der Waals surface area contributed by atoms with Crippen LogP contribution in [0.4, 0.5) is 0 Å². The second kappa shape index (κ2) is 6.34. The Labute approximate surface area is 115 Å². The second-order valence-corrected chi connectivity index (χ2v) is 6.57. The van der Waals surface area contributed by atoms with Crippen molar-refractivity contribution in [2.45, 2.75) is 4.90 Å². The van der Waals surface area contributed by atoms with Gasteiger partial charge in [0.15, 0.2) is 0 Å². The van der Waals surface area contributed by atoms with E-state index >= 15 is 0 Å². The SMILES string of the molecule is CN=[S@@](=O)(C/C=C/c1ccccc1)c1ccccc1. The molecule has 0 N–H and O–H groups in total. The molecule has 3 heteroatoms.